The van der Waals surface area contributed by atoms with Gasteiger partial charge in [-0.05, 0) is 55.7 Å². The summed E-state index contributed by atoms with van der Waals surface area (Å²) in [6.07, 6.45) is 2.57. The molecular weight excluding hydrogens is 321 g/mol. The molecule has 0 spiro atoms. The van der Waals surface area contributed by atoms with Crippen LogP contribution in [0.25, 0.3) is 0 Å². The van der Waals surface area contributed by atoms with E-state index < -0.39 is 6.04 Å². The summed E-state index contributed by atoms with van der Waals surface area (Å²) in [6, 6.07) is 6.01. The maximum absolute atomic E-state index is 13.2. The minimum atomic E-state index is -0.572. The molecule has 1 aromatic carbocycles. The van der Waals surface area contributed by atoms with Crippen LogP contribution in [-0.2, 0) is 20.7 Å². The minimum Gasteiger partial charge on any atom is -0.459 e. The van der Waals surface area contributed by atoms with Gasteiger partial charge >= 0.3 is 5.97 Å². The number of ether oxygens (including phenoxy) is 2. The Morgan fingerprint density at radius 3 is 2.60 bits per heavy atom. The van der Waals surface area contributed by atoms with Gasteiger partial charge in [-0.15, -0.1) is 0 Å². The van der Waals surface area contributed by atoms with E-state index in [1.54, 1.807) is 0 Å². The molecule has 0 aromatic heterocycles. The normalized spacial score (nSPS) is 28.2. The van der Waals surface area contributed by atoms with Crippen molar-refractivity contribution in [3.8, 4) is 0 Å². The fourth-order valence-corrected chi connectivity index (χ4v) is 3.32. The van der Waals surface area contributed by atoms with Crippen LogP contribution in [0.4, 0.5) is 4.39 Å². The number of benzene rings is 1. The van der Waals surface area contributed by atoms with Crippen LogP contribution < -0.4 is 5.73 Å². The first-order chi connectivity index (χ1) is 11.9. The van der Waals surface area contributed by atoms with Crippen molar-refractivity contribution in [2.45, 2.75) is 64.7 Å². The lowest BCUT2D eigenvalue weighted by Crippen LogP contribution is -2.41. The molecule has 1 fully saturated rings. The Morgan fingerprint density at radius 2 is 1.96 bits per heavy atom. The van der Waals surface area contributed by atoms with Crippen molar-refractivity contribution in [1.82, 2.24) is 0 Å². The molecule has 0 bridgehead atoms. The summed E-state index contributed by atoms with van der Waals surface area (Å²) in [6.45, 7) is 6.67. The van der Waals surface area contributed by atoms with Gasteiger partial charge in [0, 0.05) is 6.61 Å². The molecule has 25 heavy (non-hydrogen) atoms. The number of rotatable bonds is 5. The molecule has 5 heteroatoms. The van der Waals surface area contributed by atoms with E-state index in [4.69, 9.17) is 15.2 Å². The first kappa shape index (κ1) is 19.9. The lowest BCUT2D eigenvalue weighted by atomic mass is 9.86. The highest BCUT2D eigenvalue weighted by atomic mass is 19.1. The molecule has 0 saturated carbocycles. The average Bonchev–Trinajstić information content (AvgIpc) is 2.59. The SMILES string of the molecule is CC(C)COC1C(Cc2ccc(F)cc2)CCCC(N)C(=O)OC1C. The van der Waals surface area contributed by atoms with Gasteiger partial charge in [-0.25, -0.2) is 4.39 Å². The Morgan fingerprint density at radius 1 is 1.28 bits per heavy atom. The molecule has 2 rings (SSSR count). The van der Waals surface area contributed by atoms with Crippen LogP contribution in [0.1, 0.15) is 45.6 Å². The van der Waals surface area contributed by atoms with Crippen molar-refractivity contribution < 1.29 is 18.7 Å². The molecule has 4 nitrogen and oxygen atoms in total. The molecule has 1 aliphatic rings. The van der Waals surface area contributed by atoms with Gasteiger partial charge in [0.1, 0.15) is 18.0 Å². The average molecular weight is 351 g/mol. The summed E-state index contributed by atoms with van der Waals surface area (Å²) in [7, 11) is 0. The van der Waals surface area contributed by atoms with Gasteiger partial charge in [-0.3, -0.25) is 4.79 Å². The molecule has 1 aromatic rings. The number of carbonyl (C=O) groups is 1. The third-order valence-corrected chi connectivity index (χ3v) is 4.66. The van der Waals surface area contributed by atoms with Gasteiger partial charge in [0.25, 0.3) is 0 Å². The van der Waals surface area contributed by atoms with Crippen molar-refractivity contribution in [2.24, 2.45) is 17.6 Å². The second-order valence-corrected chi connectivity index (χ2v) is 7.46. The quantitative estimate of drug-likeness (QED) is 0.825. The maximum atomic E-state index is 13.2. The molecule has 1 heterocycles. The molecule has 2 N–H and O–H groups in total. The van der Waals surface area contributed by atoms with E-state index in [2.05, 4.69) is 13.8 Å². The molecule has 0 amide bonds. The Kier molecular flexibility index (Phi) is 7.38. The first-order valence-electron chi connectivity index (χ1n) is 9.19. The highest BCUT2D eigenvalue weighted by Gasteiger charge is 2.33. The minimum absolute atomic E-state index is 0.192. The highest BCUT2D eigenvalue weighted by molar-refractivity contribution is 5.75. The van der Waals surface area contributed by atoms with Gasteiger partial charge < -0.3 is 15.2 Å². The van der Waals surface area contributed by atoms with Crippen LogP contribution in [-0.4, -0.2) is 30.8 Å². The molecule has 4 unspecified atom stereocenters. The molecule has 1 aliphatic heterocycles. The van der Waals surface area contributed by atoms with Crippen LogP contribution in [0.2, 0.25) is 0 Å². The van der Waals surface area contributed by atoms with Crippen LogP contribution in [0, 0.1) is 17.7 Å². The molecule has 1 saturated heterocycles. The van der Waals surface area contributed by atoms with Gasteiger partial charge in [0.2, 0.25) is 0 Å². The second kappa shape index (κ2) is 9.30. The summed E-state index contributed by atoms with van der Waals surface area (Å²) in [5.74, 6) is -0.00579. The molecule has 0 aliphatic carbocycles. The zero-order valence-corrected chi connectivity index (χ0v) is 15.4. The van der Waals surface area contributed by atoms with Gasteiger partial charge in [0.05, 0.1) is 6.10 Å². The highest BCUT2D eigenvalue weighted by Crippen LogP contribution is 2.27. The molecule has 0 radical (unpaired) electrons. The van der Waals surface area contributed by atoms with Crippen molar-refractivity contribution in [1.29, 1.82) is 0 Å². The molecule has 4 atom stereocenters. The van der Waals surface area contributed by atoms with Crippen molar-refractivity contribution in [2.75, 3.05) is 6.61 Å². The van der Waals surface area contributed by atoms with Gasteiger partial charge in [-0.2, -0.15) is 0 Å². The summed E-state index contributed by atoms with van der Waals surface area (Å²) in [4.78, 5) is 12.1. The van der Waals surface area contributed by atoms with E-state index in [1.807, 2.05) is 19.1 Å². The van der Waals surface area contributed by atoms with Crippen LogP contribution in [0.5, 0.6) is 0 Å². The zero-order valence-electron chi connectivity index (χ0n) is 15.4. The number of cyclic esters (lactones) is 1. The summed E-state index contributed by atoms with van der Waals surface area (Å²) < 4.78 is 24.9. The smallest absolute Gasteiger partial charge is 0.323 e. The Hall–Kier alpha value is -1.46. The third kappa shape index (κ3) is 6.08. The summed E-state index contributed by atoms with van der Waals surface area (Å²) in [5.41, 5.74) is 6.97. The number of nitrogens with two attached hydrogens (primary N) is 1. The number of halogens is 1. The predicted octanol–water partition coefficient (Wildman–Crippen LogP) is 3.47. The van der Waals surface area contributed by atoms with Crippen LogP contribution >= 0.6 is 0 Å². The topological polar surface area (TPSA) is 61.5 Å². The number of hydrogen-bond acceptors (Lipinski definition) is 4. The van der Waals surface area contributed by atoms with E-state index in [9.17, 15) is 9.18 Å². The van der Waals surface area contributed by atoms with Crippen molar-refractivity contribution >= 4 is 5.97 Å². The third-order valence-electron chi connectivity index (χ3n) is 4.66. The van der Waals surface area contributed by atoms with E-state index in [0.29, 0.717) is 18.9 Å². The summed E-state index contributed by atoms with van der Waals surface area (Å²) >= 11 is 0. The van der Waals surface area contributed by atoms with Crippen LogP contribution in [0.15, 0.2) is 24.3 Å². The van der Waals surface area contributed by atoms with E-state index in [0.717, 1.165) is 24.8 Å². The van der Waals surface area contributed by atoms with Crippen LogP contribution in [0.3, 0.4) is 0 Å². The zero-order chi connectivity index (χ0) is 18.4. The lowest BCUT2D eigenvalue weighted by molar-refractivity contribution is -0.160. The number of carbonyl (C=O) groups excluding carboxylic acids is 1. The van der Waals surface area contributed by atoms with Crippen molar-refractivity contribution in [3.05, 3.63) is 35.6 Å². The Bertz CT molecular complexity index is 546. The number of esters is 1. The Balaban J connectivity index is 2.18. The predicted molar refractivity (Wildman–Crippen MR) is 95.6 cm³/mol. The fourth-order valence-electron chi connectivity index (χ4n) is 3.32. The standard InChI is InChI=1S/C20H30FNO3/c1-13(2)12-24-19-14(3)25-20(23)18(22)6-4-5-16(19)11-15-7-9-17(21)10-8-15/h7-10,13-14,16,18-19H,4-6,11-12,22H2,1-3H3. The second-order valence-electron chi connectivity index (χ2n) is 7.46. The summed E-state index contributed by atoms with van der Waals surface area (Å²) in [5, 5.41) is 0. The lowest BCUT2D eigenvalue weighted by Gasteiger charge is -2.32. The monoisotopic (exact) mass is 351 g/mol. The number of hydrogen-bond donors (Lipinski definition) is 1. The Labute approximate surface area is 149 Å². The van der Waals surface area contributed by atoms with E-state index >= 15 is 0 Å². The fraction of sp³-hybridized carbons (Fsp3) is 0.650. The molecular formula is C20H30FNO3. The van der Waals surface area contributed by atoms with E-state index in [-0.39, 0.29) is 29.9 Å². The van der Waals surface area contributed by atoms with E-state index in [1.165, 1.54) is 12.1 Å². The van der Waals surface area contributed by atoms with Gasteiger partial charge in [-0.1, -0.05) is 32.4 Å². The largest absolute Gasteiger partial charge is 0.459 e. The van der Waals surface area contributed by atoms with Crippen molar-refractivity contribution in [3.63, 3.8) is 0 Å². The maximum Gasteiger partial charge on any atom is 0.323 e. The molecule has 140 valence electrons. The first-order valence-corrected chi connectivity index (χ1v) is 9.19. The van der Waals surface area contributed by atoms with Gasteiger partial charge in [0.15, 0.2) is 0 Å².